The molecule has 0 saturated carbocycles. The van der Waals surface area contributed by atoms with Gasteiger partial charge in [0, 0.05) is 23.5 Å². The third-order valence-electron chi connectivity index (χ3n) is 5.91. The highest BCUT2D eigenvalue weighted by Gasteiger charge is 2.55. The summed E-state index contributed by atoms with van der Waals surface area (Å²) in [4.78, 5) is 39.8. The van der Waals surface area contributed by atoms with Crippen molar-refractivity contribution < 1.29 is 14.4 Å². The van der Waals surface area contributed by atoms with E-state index < -0.39 is 11.6 Å². The minimum Gasteiger partial charge on any atom is -0.345 e. The van der Waals surface area contributed by atoms with E-state index in [2.05, 4.69) is 11.9 Å². The molecule has 6 nitrogen and oxygen atoms in total. The van der Waals surface area contributed by atoms with Crippen molar-refractivity contribution in [3.63, 3.8) is 0 Å². The molecule has 3 amide bonds. The van der Waals surface area contributed by atoms with Crippen LogP contribution in [0, 0.1) is 13.8 Å². The maximum atomic E-state index is 13.2. The number of ketones is 1. The average molecular weight is 377 g/mol. The Morgan fingerprint density at radius 2 is 2.04 bits per heavy atom. The van der Waals surface area contributed by atoms with Gasteiger partial charge in [-0.05, 0) is 43.9 Å². The smallest absolute Gasteiger partial charge is 0.325 e. The van der Waals surface area contributed by atoms with E-state index in [1.54, 1.807) is 12.1 Å². The summed E-state index contributed by atoms with van der Waals surface area (Å²) < 4.78 is 1.99. The fraction of sp³-hybridized carbons (Fsp3) is 0.318. The van der Waals surface area contributed by atoms with Gasteiger partial charge in [0.15, 0.2) is 5.78 Å². The van der Waals surface area contributed by atoms with Gasteiger partial charge in [0.05, 0.1) is 6.54 Å². The van der Waals surface area contributed by atoms with Crippen molar-refractivity contribution in [3.8, 4) is 0 Å². The molecule has 2 aromatic rings. The predicted octanol–water partition coefficient (Wildman–Crippen LogP) is 2.87. The van der Waals surface area contributed by atoms with Crippen molar-refractivity contribution in [2.45, 2.75) is 38.8 Å². The first-order valence-electron chi connectivity index (χ1n) is 9.42. The molecule has 0 bridgehead atoms. The fourth-order valence-corrected chi connectivity index (χ4v) is 4.46. The molecular formula is C22H23N3O3. The first kappa shape index (κ1) is 18.2. The molecule has 1 aliphatic heterocycles. The Labute approximate surface area is 163 Å². The van der Waals surface area contributed by atoms with E-state index in [0.717, 1.165) is 33.8 Å². The van der Waals surface area contributed by atoms with Crippen LogP contribution >= 0.6 is 0 Å². The van der Waals surface area contributed by atoms with Crippen LogP contribution in [-0.4, -0.2) is 33.7 Å². The lowest BCUT2D eigenvalue weighted by Gasteiger charge is -2.22. The Bertz CT molecular complexity index is 1020. The second-order valence-corrected chi connectivity index (χ2v) is 7.49. The van der Waals surface area contributed by atoms with E-state index in [-0.39, 0.29) is 18.2 Å². The van der Waals surface area contributed by atoms with E-state index in [1.165, 1.54) is 0 Å². The van der Waals surface area contributed by atoms with Crippen molar-refractivity contribution in [1.29, 1.82) is 0 Å². The first-order chi connectivity index (χ1) is 13.4. The number of allylic oxidation sites excluding steroid dienone is 1. The summed E-state index contributed by atoms with van der Waals surface area (Å²) in [6.07, 6.45) is 3.02. The summed E-state index contributed by atoms with van der Waals surface area (Å²) in [5.41, 5.74) is 3.17. The maximum absolute atomic E-state index is 13.2. The van der Waals surface area contributed by atoms with Gasteiger partial charge in [-0.3, -0.25) is 14.5 Å². The number of nitrogens with zero attached hydrogens (tertiary/aromatic N) is 2. The third kappa shape index (κ3) is 2.52. The Hall–Kier alpha value is -3.15. The molecule has 1 atom stereocenters. The number of rotatable bonds is 5. The number of aryl methyl sites for hydroxylation is 2. The zero-order valence-corrected chi connectivity index (χ0v) is 16.1. The van der Waals surface area contributed by atoms with E-state index in [1.807, 2.05) is 42.7 Å². The zero-order valence-electron chi connectivity index (χ0n) is 16.1. The summed E-state index contributed by atoms with van der Waals surface area (Å²) in [6.45, 7) is 7.88. The molecule has 2 heterocycles. The molecule has 6 heteroatoms. The predicted molar refractivity (Wildman–Crippen MR) is 105 cm³/mol. The quantitative estimate of drug-likeness (QED) is 0.495. The molecule has 2 aliphatic rings. The van der Waals surface area contributed by atoms with Crippen LogP contribution in [0.3, 0.4) is 0 Å². The van der Waals surface area contributed by atoms with Gasteiger partial charge in [-0.15, -0.1) is 6.58 Å². The number of urea groups is 1. The van der Waals surface area contributed by atoms with Gasteiger partial charge in [0.1, 0.15) is 5.54 Å². The van der Waals surface area contributed by atoms with E-state index in [0.29, 0.717) is 18.5 Å². The Morgan fingerprint density at radius 1 is 1.29 bits per heavy atom. The molecule has 1 aromatic heterocycles. The number of imide groups is 1. The number of hydrogen-bond donors (Lipinski definition) is 1. The van der Waals surface area contributed by atoms with Gasteiger partial charge >= 0.3 is 6.03 Å². The number of fused-ring (bicyclic) bond motifs is 2. The molecule has 28 heavy (non-hydrogen) atoms. The normalized spacial score (nSPS) is 20.6. The zero-order chi connectivity index (χ0) is 20.1. The number of benzene rings is 1. The standard InChI is InChI=1S/C22H23N3O3/c1-4-11-24-14(2)12-17(15(24)3)19(26)13-25-20(27)22(23-21(25)28)10-9-16-7-5-6-8-18(16)22/h4-8,12H,1,9-11,13H2,2-3H3,(H,23,28)/t22-/m0/s1. The molecule has 1 saturated heterocycles. The molecule has 4 rings (SSSR count). The lowest BCUT2D eigenvalue weighted by atomic mass is 9.92. The van der Waals surface area contributed by atoms with Crippen LogP contribution in [0.4, 0.5) is 4.79 Å². The van der Waals surface area contributed by atoms with Crippen molar-refractivity contribution in [2.75, 3.05) is 6.54 Å². The number of carbonyl (C=O) groups excluding carboxylic acids is 3. The lowest BCUT2D eigenvalue weighted by molar-refractivity contribution is -0.131. The molecule has 1 fully saturated rings. The average Bonchev–Trinajstić information content (AvgIpc) is 3.27. The SMILES string of the molecule is C=CCn1c(C)cc(C(=O)CN2C(=O)N[C@]3(CCc4ccccc43)C2=O)c1C. The van der Waals surface area contributed by atoms with Crippen LogP contribution in [0.5, 0.6) is 0 Å². The number of carbonyl (C=O) groups is 3. The topological polar surface area (TPSA) is 71.4 Å². The van der Waals surface area contributed by atoms with Crippen LogP contribution in [0.15, 0.2) is 43.0 Å². The van der Waals surface area contributed by atoms with E-state index in [4.69, 9.17) is 0 Å². The van der Waals surface area contributed by atoms with E-state index in [9.17, 15) is 14.4 Å². The number of amides is 3. The van der Waals surface area contributed by atoms with Gasteiger partial charge in [0.2, 0.25) is 0 Å². The van der Waals surface area contributed by atoms with Gasteiger partial charge < -0.3 is 9.88 Å². The van der Waals surface area contributed by atoms with Crippen molar-refractivity contribution in [2.24, 2.45) is 0 Å². The molecule has 1 aromatic carbocycles. The first-order valence-corrected chi connectivity index (χ1v) is 9.42. The summed E-state index contributed by atoms with van der Waals surface area (Å²) in [5.74, 6) is -0.578. The summed E-state index contributed by atoms with van der Waals surface area (Å²) in [6, 6.07) is 8.96. The second kappa shape index (κ2) is 6.48. The number of nitrogens with one attached hydrogen (secondary N) is 1. The fourth-order valence-electron chi connectivity index (χ4n) is 4.46. The number of hydrogen-bond acceptors (Lipinski definition) is 3. The van der Waals surface area contributed by atoms with Crippen LogP contribution in [0.2, 0.25) is 0 Å². The van der Waals surface area contributed by atoms with Gasteiger partial charge in [0.25, 0.3) is 5.91 Å². The molecule has 144 valence electrons. The van der Waals surface area contributed by atoms with Gasteiger partial charge in [-0.2, -0.15) is 0 Å². The lowest BCUT2D eigenvalue weighted by Crippen LogP contribution is -2.42. The van der Waals surface area contributed by atoms with Crippen molar-refractivity contribution in [1.82, 2.24) is 14.8 Å². The maximum Gasteiger partial charge on any atom is 0.325 e. The van der Waals surface area contributed by atoms with Gasteiger partial charge in [-0.25, -0.2) is 4.79 Å². The summed E-state index contributed by atoms with van der Waals surface area (Å²) in [7, 11) is 0. The Morgan fingerprint density at radius 3 is 2.79 bits per heavy atom. The molecule has 1 N–H and O–H groups in total. The minimum atomic E-state index is -1.03. The highest BCUT2D eigenvalue weighted by molar-refractivity contribution is 6.12. The Kier molecular flexibility index (Phi) is 4.22. The third-order valence-corrected chi connectivity index (χ3v) is 5.91. The second-order valence-electron chi connectivity index (χ2n) is 7.49. The number of aromatic nitrogens is 1. The molecule has 0 radical (unpaired) electrons. The Balaban J connectivity index is 1.61. The summed E-state index contributed by atoms with van der Waals surface area (Å²) >= 11 is 0. The van der Waals surface area contributed by atoms with Crippen LogP contribution in [0.1, 0.15) is 39.3 Å². The molecule has 0 unspecified atom stereocenters. The van der Waals surface area contributed by atoms with Crippen LogP contribution in [0.25, 0.3) is 0 Å². The highest BCUT2D eigenvalue weighted by atomic mass is 16.2. The minimum absolute atomic E-state index is 0.241. The van der Waals surface area contributed by atoms with Crippen molar-refractivity contribution >= 4 is 17.7 Å². The summed E-state index contributed by atoms with van der Waals surface area (Å²) in [5, 5.41) is 2.86. The molecule has 1 spiro atoms. The molecule has 1 aliphatic carbocycles. The number of Topliss-reactive ketones (excluding diaryl/α,β-unsaturated/α-hetero) is 1. The highest BCUT2D eigenvalue weighted by Crippen LogP contribution is 2.41. The van der Waals surface area contributed by atoms with Gasteiger partial charge in [-0.1, -0.05) is 30.3 Å². The van der Waals surface area contributed by atoms with E-state index >= 15 is 0 Å². The van der Waals surface area contributed by atoms with Crippen LogP contribution in [-0.2, 0) is 23.3 Å². The van der Waals surface area contributed by atoms with Crippen LogP contribution < -0.4 is 5.32 Å². The van der Waals surface area contributed by atoms with Crippen molar-refractivity contribution in [3.05, 3.63) is 71.1 Å². The molecular weight excluding hydrogens is 354 g/mol. The monoisotopic (exact) mass is 377 g/mol. The largest absolute Gasteiger partial charge is 0.345 e.